The molecule has 0 aliphatic rings. The zero-order chi connectivity index (χ0) is 14.9. The summed E-state index contributed by atoms with van der Waals surface area (Å²) in [5, 5.41) is 0.866. The van der Waals surface area contributed by atoms with Crippen LogP contribution in [0.3, 0.4) is 0 Å². The second-order valence-electron chi connectivity index (χ2n) is 5.60. The van der Waals surface area contributed by atoms with Gasteiger partial charge in [0.25, 0.3) is 5.91 Å². The Morgan fingerprint density at radius 3 is 2.75 bits per heavy atom. The lowest BCUT2D eigenvalue weighted by Gasteiger charge is -2.26. The number of carbonyl (C=O) groups is 1. The Bertz CT molecular complexity index is 621. The Kier molecular flexibility index (Phi) is 4.28. The molecule has 0 fully saturated rings. The van der Waals surface area contributed by atoms with Gasteiger partial charge in [-0.15, -0.1) is 11.3 Å². The van der Waals surface area contributed by atoms with Gasteiger partial charge in [-0.05, 0) is 31.4 Å². The molecular weight excluding hydrogens is 270 g/mol. The lowest BCUT2D eigenvalue weighted by atomic mass is 10.0. The number of nitrogen functional groups attached to an aromatic ring is 1. The van der Waals surface area contributed by atoms with E-state index in [9.17, 15) is 4.79 Å². The van der Waals surface area contributed by atoms with Crippen molar-refractivity contribution in [3.63, 3.8) is 0 Å². The number of rotatable bonds is 4. The van der Waals surface area contributed by atoms with Gasteiger partial charge in [-0.2, -0.15) is 0 Å². The van der Waals surface area contributed by atoms with Crippen molar-refractivity contribution in [3.05, 3.63) is 23.2 Å². The van der Waals surface area contributed by atoms with E-state index >= 15 is 0 Å². The summed E-state index contributed by atoms with van der Waals surface area (Å²) in [6.07, 6.45) is 2.70. The molecule has 2 heterocycles. The van der Waals surface area contributed by atoms with Gasteiger partial charge >= 0.3 is 0 Å². The van der Waals surface area contributed by atoms with Crippen LogP contribution < -0.4 is 5.73 Å². The second-order valence-corrected chi connectivity index (χ2v) is 6.59. The van der Waals surface area contributed by atoms with Gasteiger partial charge in [0.2, 0.25) is 0 Å². The molecule has 0 radical (unpaired) electrons. The van der Waals surface area contributed by atoms with Gasteiger partial charge in [0.1, 0.15) is 9.71 Å². The van der Waals surface area contributed by atoms with Gasteiger partial charge in [-0.3, -0.25) is 4.79 Å². The number of nitrogens with zero attached hydrogens (tertiary/aromatic N) is 2. The van der Waals surface area contributed by atoms with E-state index in [1.165, 1.54) is 11.3 Å². The number of hydrogen-bond acceptors (Lipinski definition) is 4. The normalized spacial score (nSPS) is 12.8. The molecule has 4 nitrogen and oxygen atoms in total. The molecule has 2 N–H and O–H groups in total. The lowest BCUT2D eigenvalue weighted by molar-refractivity contribution is 0.0734. The van der Waals surface area contributed by atoms with E-state index in [-0.39, 0.29) is 11.9 Å². The van der Waals surface area contributed by atoms with E-state index in [4.69, 9.17) is 5.73 Å². The van der Waals surface area contributed by atoms with Crippen LogP contribution in [0, 0.1) is 5.92 Å². The fraction of sp³-hybridized carbons (Fsp3) is 0.467. The van der Waals surface area contributed by atoms with Crippen LogP contribution in [0.25, 0.3) is 10.2 Å². The van der Waals surface area contributed by atoms with E-state index in [2.05, 4.69) is 25.8 Å². The molecule has 0 bridgehead atoms. The molecule has 0 saturated heterocycles. The number of aromatic nitrogens is 1. The van der Waals surface area contributed by atoms with Crippen molar-refractivity contribution in [2.45, 2.75) is 33.2 Å². The van der Waals surface area contributed by atoms with Crippen molar-refractivity contribution in [1.82, 2.24) is 9.88 Å². The van der Waals surface area contributed by atoms with Crippen molar-refractivity contribution in [2.75, 3.05) is 12.8 Å². The molecule has 1 unspecified atom stereocenters. The summed E-state index contributed by atoms with van der Waals surface area (Å²) in [6.45, 7) is 6.39. The van der Waals surface area contributed by atoms with Gasteiger partial charge in [0.05, 0.1) is 5.69 Å². The quantitative estimate of drug-likeness (QED) is 0.939. The van der Waals surface area contributed by atoms with Gasteiger partial charge in [-0.25, -0.2) is 4.98 Å². The highest BCUT2D eigenvalue weighted by Gasteiger charge is 2.23. The van der Waals surface area contributed by atoms with Crippen LogP contribution in [0.2, 0.25) is 0 Å². The molecule has 0 saturated carbocycles. The van der Waals surface area contributed by atoms with E-state index in [1.807, 2.05) is 19.2 Å². The van der Waals surface area contributed by atoms with Crippen LogP contribution in [0.4, 0.5) is 5.69 Å². The minimum atomic E-state index is -0.0151. The van der Waals surface area contributed by atoms with Crippen molar-refractivity contribution in [3.8, 4) is 0 Å². The SMILES string of the molecule is CC(C)CC(C)N(C)C(=O)c1sc2ncccc2c1N. The first-order valence-electron chi connectivity index (χ1n) is 6.82. The largest absolute Gasteiger partial charge is 0.397 e. The van der Waals surface area contributed by atoms with E-state index in [0.717, 1.165) is 16.6 Å². The van der Waals surface area contributed by atoms with E-state index < -0.39 is 0 Å². The Morgan fingerprint density at radius 2 is 2.15 bits per heavy atom. The maximum Gasteiger partial charge on any atom is 0.266 e. The minimum Gasteiger partial charge on any atom is -0.397 e. The molecule has 108 valence electrons. The Balaban J connectivity index is 2.29. The number of carbonyl (C=O) groups excluding carboxylic acids is 1. The summed E-state index contributed by atoms with van der Waals surface area (Å²) in [6, 6.07) is 3.94. The van der Waals surface area contributed by atoms with Gasteiger partial charge in [0.15, 0.2) is 0 Å². The zero-order valence-corrected chi connectivity index (χ0v) is 13.2. The van der Waals surface area contributed by atoms with Gasteiger partial charge < -0.3 is 10.6 Å². The summed E-state index contributed by atoms with van der Waals surface area (Å²) >= 11 is 1.37. The van der Waals surface area contributed by atoms with Gasteiger partial charge in [0, 0.05) is 24.7 Å². The van der Waals surface area contributed by atoms with Crippen molar-refractivity contribution in [2.24, 2.45) is 5.92 Å². The molecule has 0 spiro atoms. The predicted octanol–water partition coefficient (Wildman–Crippen LogP) is 3.39. The van der Waals surface area contributed by atoms with Gasteiger partial charge in [-0.1, -0.05) is 13.8 Å². The van der Waals surface area contributed by atoms with E-state index in [0.29, 0.717) is 16.5 Å². The number of fused-ring (bicyclic) bond motifs is 1. The maximum absolute atomic E-state index is 12.6. The Labute approximate surface area is 123 Å². The lowest BCUT2D eigenvalue weighted by Crippen LogP contribution is -2.35. The summed E-state index contributed by atoms with van der Waals surface area (Å²) in [7, 11) is 1.84. The fourth-order valence-electron chi connectivity index (χ4n) is 2.31. The molecule has 0 aliphatic carbocycles. The van der Waals surface area contributed by atoms with Crippen molar-refractivity contribution < 1.29 is 4.79 Å². The number of amides is 1. The van der Waals surface area contributed by atoms with E-state index in [1.54, 1.807) is 11.1 Å². The first kappa shape index (κ1) is 14.8. The molecular formula is C15H21N3OS. The third-order valence-corrected chi connectivity index (χ3v) is 4.61. The van der Waals surface area contributed by atoms with Crippen molar-refractivity contribution >= 4 is 33.1 Å². The Hall–Kier alpha value is -1.62. The van der Waals surface area contributed by atoms with Crippen LogP contribution in [0.1, 0.15) is 36.9 Å². The number of pyridine rings is 1. The highest BCUT2D eigenvalue weighted by atomic mass is 32.1. The maximum atomic E-state index is 12.6. The van der Waals surface area contributed by atoms with Crippen LogP contribution in [0.5, 0.6) is 0 Å². The average molecular weight is 291 g/mol. The number of anilines is 1. The first-order chi connectivity index (χ1) is 9.41. The van der Waals surface area contributed by atoms with Crippen LogP contribution in [-0.2, 0) is 0 Å². The average Bonchev–Trinajstić information content (AvgIpc) is 2.74. The number of nitrogens with two attached hydrogens (primary N) is 1. The number of thiophene rings is 1. The standard InChI is InChI=1S/C15H21N3OS/c1-9(2)8-10(3)18(4)15(19)13-12(16)11-6-5-7-17-14(11)20-13/h5-7,9-10H,8,16H2,1-4H3. The van der Waals surface area contributed by atoms with Crippen LogP contribution in [0.15, 0.2) is 18.3 Å². The molecule has 0 aliphatic heterocycles. The third-order valence-electron chi connectivity index (χ3n) is 3.49. The molecule has 2 aromatic rings. The highest BCUT2D eigenvalue weighted by Crippen LogP contribution is 2.33. The minimum absolute atomic E-state index is 0.0151. The summed E-state index contributed by atoms with van der Waals surface area (Å²) in [5.41, 5.74) is 6.65. The Morgan fingerprint density at radius 1 is 1.45 bits per heavy atom. The predicted molar refractivity (Wildman–Crippen MR) is 85.0 cm³/mol. The second kappa shape index (κ2) is 5.79. The molecule has 20 heavy (non-hydrogen) atoms. The number of hydrogen-bond donors (Lipinski definition) is 1. The molecule has 1 atom stereocenters. The smallest absolute Gasteiger partial charge is 0.266 e. The topological polar surface area (TPSA) is 59.2 Å². The first-order valence-corrected chi connectivity index (χ1v) is 7.63. The fourth-order valence-corrected chi connectivity index (χ4v) is 3.36. The van der Waals surface area contributed by atoms with Crippen LogP contribution >= 0.6 is 11.3 Å². The zero-order valence-electron chi connectivity index (χ0n) is 12.4. The van der Waals surface area contributed by atoms with Crippen LogP contribution in [-0.4, -0.2) is 28.9 Å². The molecule has 2 rings (SSSR count). The third kappa shape index (κ3) is 2.77. The summed E-state index contributed by atoms with van der Waals surface area (Å²) in [4.78, 5) is 20.0. The molecule has 1 amide bonds. The highest BCUT2D eigenvalue weighted by molar-refractivity contribution is 7.21. The molecule has 2 aromatic heterocycles. The summed E-state index contributed by atoms with van der Waals surface area (Å²) in [5.74, 6) is 0.542. The van der Waals surface area contributed by atoms with Crippen molar-refractivity contribution in [1.29, 1.82) is 0 Å². The molecule has 0 aromatic carbocycles. The molecule has 5 heteroatoms. The summed E-state index contributed by atoms with van der Waals surface area (Å²) < 4.78 is 0. The monoisotopic (exact) mass is 291 g/mol.